The average molecular weight is 247 g/mol. The fourth-order valence-electron chi connectivity index (χ4n) is 1.53. The lowest BCUT2D eigenvalue weighted by Crippen LogP contribution is -2.03. The molecule has 0 aliphatic rings. The second-order valence-corrected chi connectivity index (χ2v) is 3.68. The van der Waals surface area contributed by atoms with Crippen molar-refractivity contribution in [3.63, 3.8) is 0 Å². The highest BCUT2D eigenvalue weighted by molar-refractivity contribution is 5.64. The normalized spacial score (nSPS) is 11.0. The molecule has 0 N–H and O–H groups in total. The number of benzene rings is 1. The molecule has 18 heavy (non-hydrogen) atoms. The molecule has 2 aromatic rings. The van der Waals surface area contributed by atoms with Crippen molar-refractivity contribution < 1.29 is 13.2 Å². The van der Waals surface area contributed by atoms with Gasteiger partial charge >= 0.3 is 6.18 Å². The Hall–Kier alpha value is -2.28. The van der Waals surface area contributed by atoms with Crippen LogP contribution < -0.4 is 0 Å². The summed E-state index contributed by atoms with van der Waals surface area (Å²) in [5, 5.41) is 0. The van der Waals surface area contributed by atoms with Gasteiger partial charge in [0.05, 0.1) is 5.56 Å². The lowest BCUT2D eigenvalue weighted by atomic mass is 10.0. The monoisotopic (exact) mass is 247 g/mol. The summed E-state index contributed by atoms with van der Waals surface area (Å²) in [6, 6.07) is 6.59. The molecule has 0 fully saturated rings. The van der Waals surface area contributed by atoms with E-state index >= 15 is 0 Å². The van der Waals surface area contributed by atoms with Crippen molar-refractivity contribution in [1.82, 2.24) is 4.98 Å². The van der Waals surface area contributed by atoms with E-state index in [1.165, 1.54) is 18.3 Å². The number of rotatable bonds is 1. The predicted molar refractivity (Wildman–Crippen MR) is 62.6 cm³/mol. The Morgan fingerprint density at radius 1 is 1.00 bits per heavy atom. The molecule has 0 aliphatic carbocycles. The van der Waals surface area contributed by atoms with Crippen molar-refractivity contribution >= 4 is 0 Å². The van der Waals surface area contributed by atoms with Crippen LogP contribution in [0.1, 0.15) is 11.1 Å². The summed E-state index contributed by atoms with van der Waals surface area (Å²) in [5.74, 6) is 2.43. The number of alkyl halides is 3. The highest BCUT2D eigenvalue weighted by Gasteiger charge is 2.29. The van der Waals surface area contributed by atoms with E-state index in [1.54, 1.807) is 12.3 Å². The summed E-state index contributed by atoms with van der Waals surface area (Å²) in [6.07, 6.45) is 4.00. The molecule has 1 nitrogen and oxygen atoms in total. The highest BCUT2D eigenvalue weighted by Crippen LogP contribution is 2.30. The zero-order valence-corrected chi connectivity index (χ0v) is 9.20. The molecule has 0 bridgehead atoms. The number of hydrogen-bond donors (Lipinski definition) is 0. The predicted octanol–water partition coefficient (Wildman–Crippen LogP) is 3.75. The van der Waals surface area contributed by atoms with Crippen LogP contribution in [0.25, 0.3) is 11.1 Å². The molecule has 0 radical (unpaired) electrons. The van der Waals surface area contributed by atoms with E-state index in [4.69, 9.17) is 6.42 Å². The Labute approximate surface area is 102 Å². The van der Waals surface area contributed by atoms with E-state index < -0.39 is 11.7 Å². The third kappa shape index (κ3) is 2.51. The van der Waals surface area contributed by atoms with Crippen LogP contribution in [0.3, 0.4) is 0 Å². The molecule has 0 saturated carbocycles. The summed E-state index contributed by atoms with van der Waals surface area (Å²) in [6.45, 7) is 0. The van der Waals surface area contributed by atoms with E-state index in [1.807, 2.05) is 0 Å². The molecule has 90 valence electrons. The van der Waals surface area contributed by atoms with E-state index in [9.17, 15) is 13.2 Å². The Kier molecular flexibility index (Phi) is 3.07. The molecule has 0 aliphatic heterocycles. The van der Waals surface area contributed by atoms with Gasteiger partial charge in [-0.25, -0.2) is 0 Å². The number of terminal acetylenes is 1. The van der Waals surface area contributed by atoms with Gasteiger partial charge in [0.15, 0.2) is 0 Å². The van der Waals surface area contributed by atoms with Gasteiger partial charge in [0.1, 0.15) is 0 Å². The first-order valence-corrected chi connectivity index (χ1v) is 5.10. The van der Waals surface area contributed by atoms with Gasteiger partial charge in [0, 0.05) is 23.5 Å². The Morgan fingerprint density at radius 3 is 2.22 bits per heavy atom. The van der Waals surface area contributed by atoms with Gasteiger partial charge in [0.25, 0.3) is 0 Å². The SMILES string of the molecule is C#Cc1cncc(-c2ccc(C(F)(F)F)cc2)c1. The summed E-state index contributed by atoms with van der Waals surface area (Å²) in [4.78, 5) is 3.94. The second kappa shape index (κ2) is 4.53. The summed E-state index contributed by atoms with van der Waals surface area (Å²) in [7, 11) is 0. The third-order valence-corrected chi connectivity index (χ3v) is 2.45. The first-order valence-electron chi connectivity index (χ1n) is 5.10. The molecule has 0 saturated heterocycles. The molecule has 0 amide bonds. The third-order valence-electron chi connectivity index (χ3n) is 2.45. The van der Waals surface area contributed by atoms with Gasteiger partial charge in [0.2, 0.25) is 0 Å². The van der Waals surface area contributed by atoms with Crippen LogP contribution in [0.15, 0.2) is 42.7 Å². The molecule has 0 atom stereocenters. The first-order chi connectivity index (χ1) is 8.50. The summed E-state index contributed by atoms with van der Waals surface area (Å²) < 4.78 is 37.2. The largest absolute Gasteiger partial charge is 0.416 e. The Balaban J connectivity index is 2.38. The Bertz CT molecular complexity index is 592. The van der Waals surface area contributed by atoms with Crippen molar-refractivity contribution in [1.29, 1.82) is 0 Å². The number of hydrogen-bond acceptors (Lipinski definition) is 1. The number of nitrogens with zero attached hydrogens (tertiary/aromatic N) is 1. The second-order valence-electron chi connectivity index (χ2n) is 3.68. The van der Waals surface area contributed by atoms with Crippen LogP contribution in [-0.2, 0) is 6.18 Å². The molecule has 0 spiro atoms. The molecular weight excluding hydrogens is 239 g/mol. The molecule has 2 rings (SSSR count). The number of aromatic nitrogens is 1. The molecule has 0 unspecified atom stereocenters. The van der Waals surface area contributed by atoms with Crippen LogP contribution >= 0.6 is 0 Å². The van der Waals surface area contributed by atoms with Crippen LogP contribution in [0, 0.1) is 12.3 Å². The standard InChI is InChI=1S/C14H8F3N/c1-2-10-7-12(9-18-8-10)11-3-5-13(6-4-11)14(15,16)17/h1,3-9H. The first kappa shape index (κ1) is 12.2. The van der Waals surface area contributed by atoms with Gasteiger partial charge in [-0.2, -0.15) is 13.2 Å². The van der Waals surface area contributed by atoms with Crippen molar-refractivity contribution in [3.05, 3.63) is 53.9 Å². The zero-order chi connectivity index (χ0) is 13.2. The highest BCUT2D eigenvalue weighted by atomic mass is 19.4. The van der Waals surface area contributed by atoms with E-state index in [0.717, 1.165) is 12.1 Å². The van der Waals surface area contributed by atoms with Crippen molar-refractivity contribution in [3.8, 4) is 23.5 Å². The van der Waals surface area contributed by atoms with Gasteiger partial charge in [-0.1, -0.05) is 18.1 Å². The van der Waals surface area contributed by atoms with Crippen LogP contribution in [0.4, 0.5) is 13.2 Å². The van der Waals surface area contributed by atoms with Crippen molar-refractivity contribution in [2.24, 2.45) is 0 Å². The number of pyridine rings is 1. The van der Waals surface area contributed by atoms with Gasteiger partial charge < -0.3 is 0 Å². The molecule has 4 heteroatoms. The minimum Gasteiger partial charge on any atom is -0.263 e. The van der Waals surface area contributed by atoms with Gasteiger partial charge in [-0.15, -0.1) is 6.42 Å². The Morgan fingerprint density at radius 2 is 1.67 bits per heavy atom. The maximum absolute atomic E-state index is 12.4. The lowest BCUT2D eigenvalue weighted by molar-refractivity contribution is -0.137. The maximum atomic E-state index is 12.4. The van der Waals surface area contributed by atoms with E-state index in [-0.39, 0.29) is 0 Å². The minimum atomic E-state index is -4.32. The average Bonchev–Trinajstić information content (AvgIpc) is 2.38. The topological polar surface area (TPSA) is 12.9 Å². The number of halogens is 3. The molecular formula is C14H8F3N. The summed E-state index contributed by atoms with van der Waals surface area (Å²) >= 11 is 0. The van der Waals surface area contributed by atoms with Crippen LogP contribution in [0.5, 0.6) is 0 Å². The molecule has 1 aromatic carbocycles. The fourth-order valence-corrected chi connectivity index (χ4v) is 1.53. The van der Waals surface area contributed by atoms with Gasteiger partial charge in [-0.3, -0.25) is 4.98 Å². The van der Waals surface area contributed by atoms with E-state index in [2.05, 4.69) is 10.9 Å². The smallest absolute Gasteiger partial charge is 0.263 e. The molecule has 1 aromatic heterocycles. The quantitative estimate of drug-likeness (QED) is 0.699. The van der Waals surface area contributed by atoms with Gasteiger partial charge in [-0.05, 0) is 23.8 Å². The molecule has 1 heterocycles. The maximum Gasteiger partial charge on any atom is 0.416 e. The summed E-state index contributed by atoms with van der Waals surface area (Å²) in [5.41, 5.74) is 1.26. The zero-order valence-electron chi connectivity index (χ0n) is 9.20. The fraction of sp³-hybridized carbons (Fsp3) is 0.0714. The minimum absolute atomic E-state index is 0.590. The van der Waals surface area contributed by atoms with Crippen LogP contribution in [0.2, 0.25) is 0 Å². The van der Waals surface area contributed by atoms with E-state index in [0.29, 0.717) is 16.7 Å². The van der Waals surface area contributed by atoms with Crippen LogP contribution in [-0.4, -0.2) is 4.98 Å². The van der Waals surface area contributed by atoms with Crippen molar-refractivity contribution in [2.75, 3.05) is 0 Å². The van der Waals surface area contributed by atoms with Crippen molar-refractivity contribution in [2.45, 2.75) is 6.18 Å². The lowest BCUT2D eigenvalue weighted by Gasteiger charge is -2.07.